The molecular formula is C14H24BrN3. The third kappa shape index (κ3) is 2.80. The maximum absolute atomic E-state index is 4.51. The third-order valence-corrected chi connectivity index (χ3v) is 4.61. The van der Waals surface area contributed by atoms with Crippen LogP contribution in [0.5, 0.6) is 0 Å². The van der Waals surface area contributed by atoms with Crippen LogP contribution in [0.2, 0.25) is 0 Å². The fourth-order valence-electron chi connectivity index (χ4n) is 3.12. The van der Waals surface area contributed by atoms with Crippen LogP contribution >= 0.6 is 15.9 Å². The predicted molar refractivity (Wildman–Crippen MR) is 78.7 cm³/mol. The van der Waals surface area contributed by atoms with Gasteiger partial charge in [0.05, 0.1) is 22.4 Å². The van der Waals surface area contributed by atoms with Crippen molar-refractivity contribution in [2.45, 2.75) is 58.0 Å². The summed E-state index contributed by atoms with van der Waals surface area (Å²) >= 11 is 3.67. The Bertz CT molecular complexity index is 380. The van der Waals surface area contributed by atoms with E-state index >= 15 is 0 Å². The SMILES string of the molecule is CNC(c1c(Br)cnn1C(C)C)C1CCCCC1. The molecule has 0 saturated heterocycles. The molecule has 0 bridgehead atoms. The molecule has 1 aliphatic carbocycles. The highest BCUT2D eigenvalue weighted by Gasteiger charge is 2.28. The first-order chi connectivity index (χ1) is 8.65. The van der Waals surface area contributed by atoms with Gasteiger partial charge in [-0.2, -0.15) is 5.10 Å². The van der Waals surface area contributed by atoms with Gasteiger partial charge in [0.1, 0.15) is 0 Å². The molecule has 1 heterocycles. The van der Waals surface area contributed by atoms with Gasteiger partial charge in [-0.3, -0.25) is 4.68 Å². The molecule has 102 valence electrons. The first-order valence-corrected chi connectivity index (χ1v) is 7.84. The van der Waals surface area contributed by atoms with Crippen molar-refractivity contribution in [2.75, 3.05) is 7.05 Å². The molecule has 0 aliphatic heterocycles. The molecule has 1 fully saturated rings. The van der Waals surface area contributed by atoms with Crippen molar-refractivity contribution in [3.05, 3.63) is 16.4 Å². The predicted octanol–water partition coefficient (Wildman–Crippen LogP) is 4.07. The molecule has 0 spiro atoms. The second-order valence-electron chi connectivity index (χ2n) is 5.58. The lowest BCUT2D eigenvalue weighted by Gasteiger charge is -2.31. The highest BCUT2D eigenvalue weighted by Crippen LogP contribution is 2.37. The highest BCUT2D eigenvalue weighted by molar-refractivity contribution is 9.10. The van der Waals surface area contributed by atoms with Crippen molar-refractivity contribution < 1.29 is 0 Å². The summed E-state index contributed by atoms with van der Waals surface area (Å²) in [6.45, 7) is 4.38. The van der Waals surface area contributed by atoms with Crippen molar-refractivity contribution in [3.63, 3.8) is 0 Å². The largest absolute Gasteiger partial charge is 0.311 e. The maximum Gasteiger partial charge on any atom is 0.0701 e. The number of hydrogen-bond donors (Lipinski definition) is 1. The van der Waals surface area contributed by atoms with Gasteiger partial charge in [0.25, 0.3) is 0 Å². The zero-order chi connectivity index (χ0) is 13.1. The standard InChI is InChI=1S/C14H24BrN3/c1-10(2)18-14(12(15)9-17-18)13(16-3)11-7-5-4-6-8-11/h9-11,13,16H,4-8H2,1-3H3. The van der Waals surface area contributed by atoms with Crippen LogP contribution in [0.25, 0.3) is 0 Å². The average Bonchev–Trinajstić information content (AvgIpc) is 2.74. The monoisotopic (exact) mass is 313 g/mol. The molecule has 0 radical (unpaired) electrons. The van der Waals surface area contributed by atoms with Gasteiger partial charge in [0.15, 0.2) is 0 Å². The van der Waals surface area contributed by atoms with Crippen molar-refractivity contribution >= 4 is 15.9 Å². The molecule has 1 unspecified atom stereocenters. The number of halogens is 1. The van der Waals surface area contributed by atoms with Gasteiger partial charge in [0, 0.05) is 6.04 Å². The van der Waals surface area contributed by atoms with Crippen LogP contribution in [0.3, 0.4) is 0 Å². The fourth-order valence-corrected chi connectivity index (χ4v) is 3.64. The van der Waals surface area contributed by atoms with Crippen LogP contribution in [0.4, 0.5) is 0 Å². The van der Waals surface area contributed by atoms with Gasteiger partial charge in [-0.05, 0) is 55.6 Å². The molecule has 0 aromatic carbocycles. The Hall–Kier alpha value is -0.350. The van der Waals surface area contributed by atoms with E-state index in [-0.39, 0.29) is 0 Å². The van der Waals surface area contributed by atoms with Gasteiger partial charge in [-0.1, -0.05) is 19.3 Å². The Morgan fingerprint density at radius 1 is 1.33 bits per heavy atom. The first kappa shape index (κ1) is 14.1. The lowest BCUT2D eigenvalue weighted by atomic mass is 9.82. The van der Waals surface area contributed by atoms with Crippen molar-refractivity contribution in [1.29, 1.82) is 0 Å². The van der Waals surface area contributed by atoms with E-state index in [1.54, 1.807) is 0 Å². The molecule has 1 aromatic rings. The van der Waals surface area contributed by atoms with Crippen LogP contribution in [0.15, 0.2) is 10.7 Å². The summed E-state index contributed by atoms with van der Waals surface area (Å²) in [7, 11) is 2.07. The summed E-state index contributed by atoms with van der Waals surface area (Å²) in [6.07, 6.45) is 8.75. The van der Waals surface area contributed by atoms with E-state index in [0.29, 0.717) is 12.1 Å². The summed E-state index contributed by atoms with van der Waals surface area (Å²) in [5.41, 5.74) is 1.32. The van der Waals surface area contributed by atoms with Crippen LogP contribution in [0.1, 0.15) is 63.7 Å². The lowest BCUT2D eigenvalue weighted by molar-refractivity contribution is 0.267. The Morgan fingerprint density at radius 2 is 2.00 bits per heavy atom. The van der Waals surface area contributed by atoms with Gasteiger partial charge in [-0.25, -0.2) is 0 Å². The van der Waals surface area contributed by atoms with E-state index in [1.807, 2.05) is 6.20 Å². The molecule has 0 amide bonds. The summed E-state index contributed by atoms with van der Waals surface area (Å²) in [6, 6.07) is 0.829. The molecule has 1 atom stereocenters. The fraction of sp³-hybridized carbons (Fsp3) is 0.786. The lowest BCUT2D eigenvalue weighted by Crippen LogP contribution is -2.30. The Morgan fingerprint density at radius 3 is 2.56 bits per heavy atom. The number of aromatic nitrogens is 2. The van der Waals surface area contributed by atoms with E-state index < -0.39 is 0 Å². The van der Waals surface area contributed by atoms with Crippen LogP contribution in [0, 0.1) is 5.92 Å². The Balaban J connectivity index is 2.28. The summed E-state index contributed by atoms with van der Waals surface area (Å²) < 4.78 is 3.29. The molecule has 1 aliphatic rings. The minimum Gasteiger partial charge on any atom is -0.311 e. The minimum atomic E-state index is 0.408. The average molecular weight is 314 g/mol. The van der Waals surface area contributed by atoms with Crippen LogP contribution < -0.4 is 5.32 Å². The number of hydrogen-bond acceptors (Lipinski definition) is 2. The zero-order valence-electron chi connectivity index (χ0n) is 11.6. The number of rotatable bonds is 4. The third-order valence-electron chi connectivity index (χ3n) is 4.00. The van der Waals surface area contributed by atoms with Crippen molar-refractivity contribution in [3.8, 4) is 0 Å². The van der Waals surface area contributed by atoms with Gasteiger partial charge in [0.2, 0.25) is 0 Å². The summed E-state index contributed by atoms with van der Waals surface area (Å²) in [5.74, 6) is 0.745. The molecule has 1 aromatic heterocycles. The minimum absolute atomic E-state index is 0.408. The number of nitrogens with one attached hydrogen (secondary N) is 1. The smallest absolute Gasteiger partial charge is 0.0701 e. The second-order valence-corrected chi connectivity index (χ2v) is 6.43. The van der Waals surface area contributed by atoms with E-state index in [2.05, 4.69) is 51.9 Å². The highest BCUT2D eigenvalue weighted by atomic mass is 79.9. The molecule has 3 nitrogen and oxygen atoms in total. The number of nitrogens with zero attached hydrogens (tertiary/aromatic N) is 2. The molecule has 2 rings (SSSR count). The maximum atomic E-state index is 4.51. The Labute approximate surface area is 118 Å². The van der Waals surface area contributed by atoms with E-state index in [4.69, 9.17) is 0 Å². The van der Waals surface area contributed by atoms with Crippen LogP contribution in [-0.2, 0) is 0 Å². The first-order valence-electron chi connectivity index (χ1n) is 7.05. The quantitative estimate of drug-likeness (QED) is 0.908. The van der Waals surface area contributed by atoms with Crippen LogP contribution in [-0.4, -0.2) is 16.8 Å². The van der Waals surface area contributed by atoms with E-state index in [0.717, 1.165) is 10.4 Å². The molecule has 1 N–H and O–H groups in total. The molecule has 1 saturated carbocycles. The Kier molecular flexibility index (Phi) is 4.84. The van der Waals surface area contributed by atoms with Gasteiger partial charge >= 0.3 is 0 Å². The second kappa shape index (κ2) is 6.20. The topological polar surface area (TPSA) is 29.9 Å². The molecule has 18 heavy (non-hydrogen) atoms. The van der Waals surface area contributed by atoms with Crippen molar-refractivity contribution in [2.24, 2.45) is 5.92 Å². The van der Waals surface area contributed by atoms with Gasteiger partial charge < -0.3 is 5.32 Å². The normalized spacial score (nSPS) is 19.4. The van der Waals surface area contributed by atoms with Gasteiger partial charge in [-0.15, -0.1) is 0 Å². The van der Waals surface area contributed by atoms with E-state index in [1.165, 1.54) is 37.8 Å². The van der Waals surface area contributed by atoms with Crippen molar-refractivity contribution in [1.82, 2.24) is 15.1 Å². The van der Waals surface area contributed by atoms with E-state index in [9.17, 15) is 0 Å². The molecule has 4 heteroatoms. The zero-order valence-corrected chi connectivity index (χ0v) is 13.2. The summed E-state index contributed by atoms with van der Waals surface area (Å²) in [5, 5.41) is 8.03. The molecular weight excluding hydrogens is 290 g/mol. The summed E-state index contributed by atoms with van der Waals surface area (Å²) in [4.78, 5) is 0.